The summed E-state index contributed by atoms with van der Waals surface area (Å²) >= 11 is 0. The summed E-state index contributed by atoms with van der Waals surface area (Å²) < 4.78 is 0. The summed E-state index contributed by atoms with van der Waals surface area (Å²) in [5.74, 6) is 0. The number of aldehydes is 1. The summed E-state index contributed by atoms with van der Waals surface area (Å²) in [6.07, 6.45) is 0.941. The Hall–Kier alpha value is -2.67. The highest BCUT2D eigenvalue weighted by Crippen LogP contribution is 2.31. The van der Waals surface area contributed by atoms with Gasteiger partial charge in [0.25, 0.3) is 0 Å². The van der Waals surface area contributed by atoms with E-state index in [2.05, 4.69) is 36.4 Å². The SMILES string of the molecule is O=Cc1cc2cc3ccccc3cc2c2ccccc12. The molecule has 20 heavy (non-hydrogen) atoms. The lowest BCUT2D eigenvalue weighted by atomic mass is 9.95. The Morgan fingerprint density at radius 3 is 2.00 bits per heavy atom. The van der Waals surface area contributed by atoms with E-state index in [1.807, 2.05) is 30.3 Å². The van der Waals surface area contributed by atoms with Crippen molar-refractivity contribution < 1.29 is 4.79 Å². The molecule has 0 amide bonds. The Balaban J connectivity index is 2.28. The lowest BCUT2D eigenvalue weighted by Gasteiger charge is -2.08. The molecule has 0 saturated carbocycles. The van der Waals surface area contributed by atoms with Crippen LogP contribution in [0.1, 0.15) is 10.4 Å². The molecule has 4 rings (SSSR count). The molecule has 0 fully saturated rings. The smallest absolute Gasteiger partial charge is 0.150 e. The number of hydrogen-bond donors (Lipinski definition) is 0. The predicted molar refractivity (Wildman–Crippen MR) is 84.3 cm³/mol. The highest BCUT2D eigenvalue weighted by atomic mass is 16.1. The van der Waals surface area contributed by atoms with Crippen molar-refractivity contribution in [2.45, 2.75) is 0 Å². The molecule has 0 aromatic heterocycles. The number of carbonyl (C=O) groups excluding carboxylic acids is 1. The fourth-order valence-electron chi connectivity index (χ4n) is 2.92. The third-order valence-electron chi connectivity index (χ3n) is 3.88. The molecule has 0 heterocycles. The zero-order chi connectivity index (χ0) is 13.5. The number of benzene rings is 4. The highest BCUT2D eigenvalue weighted by Gasteiger charge is 2.06. The van der Waals surface area contributed by atoms with E-state index in [0.29, 0.717) is 0 Å². The van der Waals surface area contributed by atoms with Crippen molar-refractivity contribution in [2.75, 3.05) is 0 Å². The first-order valence-electron chi connectivity index (χ1n) is 6.66. The van der Waals surface area contributed by atoms with Gasteiger partial charge in [-0.05, 0) is 50.5 Å². The van der Waals surface area contributed by atoms with E-state index in [0.717, 1.165) is 28.0 Å². The molecule has 1 nitrogen and oxygen atoms in total. The molecule has 4 aromatic rings. The molecule has 0 saturated heterocycles. The molecule has 0 spiro atoms. The Labute approximate surface area is 116 Å². The molecule has 0 radical (unpaired) electrons. The van der Waals surface area contributed by atoms with Gasteiger partial charge in [0.05, 0.1) is 0 Å². The maximum Gasteiger partial charge on any atom is 0.150 e. The molecule has 0 unspecified atom stereocenters. The van der Waals surface area contributed by atoms with Crippen molar-refractivity contribution >= 4 is 38.6 Å². The van der Waals surface area contributed by atoms with Crippen molar-refractivity contribution in [3.8, 4) is 0 Å². The predicted octanol–water partition coefficient (Wildman–Crippen LogP) is 4.96. The fourth-order valence-corrected chi connectivity index (χ4v) is 2.92. The van der Waals surface area contributed by atoms with Crippen molar-refractivity contribution in [3.63, 3.8) is 0 Å². The van der Waals surface area contributed by atoms with Crippen molar-refractivity contribution in [3.05, 3.63) is 72.3 Å². The van der Waals surface area contributed by atoms with Gasteiger partial charge in [-0.3, -0.25) is 4.79 Å². The third kappa shape index (κ3) is 1.53. The van der Waals surface area contributed by atoms with Crippen LogP contribution in [0, 0.1) is 0 Å². The molecule has 0 aliphatic heterocycles. The molecule has 4 aromatic carbocycles. The summed E-state index contributed by atoms with van der Waals surface area (Å²) in [4.78, 5) is 11.3. The third-order valence-corrected chi connectivity index (χ3v) is 3.88. The van der Waals surface area contributed by atoms with E-state index >= 15 is 0 Å². The summed E-state index contributed by atoms with van der Waals surface area (Å²) in [5.41, 5.74) is 0.753. The number of carbonyl (C=O) groups is 1. The first-order valence-corrected chi connectivity index (χ1v) is 6.66. The molecule has 0 aliphatic carbocycles. The van der Waals surface area contributed by atoms with Gasteiger partial charge in [0.2, 0.25) is 0 Å². The second kappa shape index (κ2) is 4.17. The Morgan fingerprint density at radius 1 is 0.600 bits per heavy atom. The first-order chi connectivity index (χ1) is 9.86. The summed E-state index contributed by atoms with van der Waals surface area (Å²) in [5, 5.41) is 6.90. The van der Waals surface area contributed by atoms with E-state index in [1.54, 1.807) is 0 Å². The average Bonchev–Trinajstić information content (AvgIpc) is 2.52. The zero-order valence-corrected chi connectivity index (χ0v) is 10.8. The van der Waals surface area contributed by atoms with E-state index in [9.17, 15) is 4.79 Å². The number of hydrogen-bond acceptors (Lipinski definition) is 1. The van der Waals surface area contributed by atoms with E-state index in [-0.39, 0.29) is 0 Å². The van der Waals surface area contributed by atoms with Gasteiger partial charge in [0, 0.05) is 5.56 Å². The van der Waals surface area contributed by atoms with Gasteiger partial charge < -0.3 is 0 Å². The number of fused-ring (bicyclic) bond motifs is 4. The van der Waals surface area contributed by atoms with E-state index in [4.69, 9.17) is 0 Å². The molecular weight excluding hydrogens is 244 g/mol. The van der Waals surface area contributed by atoms with Gasteiger partial charge in [-0.15, -0.1) is 0 Å². The summed E-state index contributed by atoms with van der Waals surface area (Å²) in [6, 6.07) is 22.7. The van der Waals surface area contributed by atoms with Crippen molar-refractivity contribution in [1.82, 2.24) is 0 Å². The monoisotopic (exact) mass is 256 g/mol. The largest absolute Gasteiger partial charge is 0.298 e. The zero-order valence-electron chi connectivity index (χ0n) is 10.8. The van der Waals surface area contributed by atoms with Crippen LogP contribution >= 0.6 is 0 Å². The lowest BCUT2D eigenvalue weighted by molar-refractivity contribution is 0.112. The second-order valence-electron chi connectivity index (χ2n) is 5.05. The fraction of sp³-hybridized carbons (Fsp3) is 0. The second-order valence-corrected chi connectivity index (χ2v) is 5.05. The summed E-state index contributed by atoms with van der Waals surface area (Å²) in [6.45, 7) is 0. The minimum atomic E-state index is 0.753. The minimum absolute atomic E-state index is 0.753. The Kier molecular flexibility index (Phi) is 2.33. The molecule has 94 valence electrons. The van der Waals surface area contributed by atoms with Crippen LogP contribution in [0.3, 0.4) is 0 Å². The lowest BCUT2D eigenvalue weighted by Crippen LogP contribution is -1.86. The molecule has 0 bridgehead atoms. The molecule has 0 N–H and O–H groups in total. The first kappa shape index (κ1) is 11.2. The Bertz CT molecular complexity index is 967. The topological polar surface area (TPSA) is 17.1 Å². The van der Waals surface area contributed by atoms with Gasteiger partial charge in [-0.1, -0.05) is 48.5 Å². The van der Waals surface area contributed by atoms with Crippen LogP contribution in [0.15, 0.2) is 66.7 Å². The molecular formula is C19H12O. The van der Waals surface area contributed by atoms with Crippen LogP contribution in [-0.2, 0) is 0 Å². The van der Waals surface area contributed by atoms with Crippen molar-refractivity contribution in [2.24, 2.45) is 0 Å². The van der Waals surface area contributed by atoms with Crippen LogP contribution in [-0.4, -0.2) is 6.29 Å². The highest BCUT2D eigenvalue weighted by molar-refractivity contribution is 6.16. The molecule has 0 aliphatic rings. The summed E-state index contributed by atoms with van der Waals surface area (Å²) in [7, 11) is 0. The van der Waals surface area contributed by atoms with Crippen LogP contribution in [0.4, 0.5) is 0 Å². The maximum atomic E-state index is 11.3. The quantitative estimate of drug-likeness (QED) is 0.267. The average molecular weight is 256 g/mol. The van der Waals surface area contributed by atoms with Crippen LogP contribution in [0.2, 0.25) is 0 Å². The van der Waals surface area contributed by atoms with Crippen LogP contribution in [0.5, 0.6) is 0 Å². The number of rotatable bonds is 1. The van der Waals surface area contributed by atoms with Gasteiger partial charge >= 0.3 is 0 Å². The normalized spacial score (nSPS) is 11.2. The minimum Gasteiger partial charge on any atom is -0.298 e. The van der Waals surface area contributed by atoms with E-state index < -0.39 is 0 Å². The van der Waals surface area contributed by atoms with Gasteiger partial charge in [-0.2, -0.15) is 0 Å². The van der Waals surface area contributed by atoms with Crippen molar-refractivity contribution in [1.29, 1.82) is 0 Å². The van der Waals surface area contributed by atoms with E-state index in [1.165, 1.54) is 16.2 Å². The maximum absolute atomic E-state index is 11.3. The molecule has 1 heteroatoms. The molecule has 0 atom stereocenters. The Morgan fingerprint density at radius 2 is 1.25 bits per heavy atom. The van der Waals surface area contributed by atoms with Crippen LogP contribution in [0.25, 0.3) is 32.3 Å². The van der Waals surface area contributed by atoms with Gasteiger partial charge in [0.15, 0.2) is 6.29 Å². The van der Waals surface area contributed by atoms with Gasteiger partial charge in [-0.25, -0.2) is 0 Å². The van der Waals surface area contributed by atoms with Gasteiger partial charge in [0.1, 0.15) is 0 Å². The van der Waals surface area contributed by atoms with Crippen LogP contribution < -0.4 is 0 Å². The standard InChI is InChI=1S/C19H12O/c20-12-16-10-15-9-13-5-1-2-6-14(13)11-19(15)18-8-4-3-7-17(16)18/h1-12H.